The lowest BCUT2D eigenvalue weighted by atomic mass is 9.78. The fraction of sp³-hybridized carbons (Fsp3) is 0.846. The highest BCUT2D eigenvalue weighted by Crippen LogP contribution is 2.32. The normalized spacial score (nSPS) is 29.1. The van der Waals surface area contributed by atoms with Crippen LogP contribution in [-0.4, -0.2) is 73.7 Å². The van der Waals surface area contributed by atoms with Crippen molar-refractivity contribution in [2.45, 2.75) is 18.9 Å². The number of nitrogens with two attached hydrogens (primary N) is 1. The minimum absolute atomic E-state index is 0.0123. The molecular weight excluding hydrogens is 260 g/mol. The van der Waals surface area contributed by atoms with Crippen LogP contribution in [0.25, 0.3) is 0 Å². The highest BCUT2D eigenvalue weighted by Gasteiger charge is 2.44. The van der Waals surface area contributed by atoms with Crippen LogP contribution in [0.15, 0.2) is 0 Å². The van der Waals surface area contributed by atoms with Crippen LogP contribution in [0.5, 0.6) is 0 Å². The summed E-state index contributed by atoms with van der Waals surface area (Å²) >= 11 is 0. The number of fused-ring (bicyclic) bond motifs is 1. The Hall–Kier alpha value is -1.34. The number of hydrogen-bond acceptors (Lipinski definition) is 4. The number of nitrogens with one attached hydrogen (secondary N) is 1. The first-order valence-corrected chi connectivity index (χ1v) is 7.28. The fourth-order valence-electron chi connectivity index (χ4n) is 3.39. The lowest BCUT2D eigenvalue weighted by Crippen LogP contribution is -2.59. The minimum Gasteiger partial charge on any atom is -0.381 e. The summed E-state index contributed by atoms with van der Waals surface area (Å²) in [7, 11) is 0. The summed E-state index contributed by atoms with van der Waals surface area (Å²) in [6, 6.07) is 0.0940. The highest BCUT2D eigenvalue weighted by atomic mass is 16.5. The average molecular weight is 282 g/mol. The SMILES string of the molecule is NCC1(C(=O)N2CCN3C(=O)NCC3C2)CCOCC1. The predicted octanol–water partition coefficient (Wildman–Crippen LogP) is -1.02. The van der Waals surface area contributed by atoms with Crippen LogP contribution in [0.2, 0.25) is 0 Å². The molecule has 1 unspecified atom stereocenters. The van der Waals surface area contributed by atoms with E-state index in [0.717, 1.165) is 0 Å². The third kappa shape index (κ3) is 2.14. The molecule has 3 saturated heterocycles. The van der Waals surface area contributed by atoms with Crippen LogP contribution in [0.1, 0.15) is 12.8 Å². The molecule has 7 heteroatoms. The fourth-order valence-corrected chi connectivity index (χ4v) is 3.39. The third-order valence-corrected chi connectivity index (χ3v) is 4.81. The molecule has 3 aliphatic rings. The number of rotatable bonds is 2. The van der Waals surface area contributed by atoms with Crippen molar-refractivity contribution in [1.29, 1.82) is 0 Å². The van der Waals surface area contributed by atoms with Crippen molar-refractivity contribution in [3.05, 3.63) is 0 Å². The van der Waals surface area contributed by atoms with E-state index in [1.54, 1.807) is 0 Å². The summed E-state index contributed by atoms with van der Waals surface area (Å²) < 4.78 is 5.36. The first-order valence-electron chi connectivity index (χ1n) is 7.28. The molecule has 0 aromatic heterocycles. The number of amides is 3. The molecule has 3 aliphatic heterocycles. The van der Waals surface area contributed by atoms with Crippen LogP contribution in [0.4, 0.5) is 4.79 Å². The van der Waals surface area contributed by atoms with E-state index in [9.17, 15) is 9.59 Å². The van der Waals surface area contributed by atoms with Crippen LogP contribution in [-0.2, 0) is 9.53 Å². The van der Waals surface area contributed by atoms with Crippen LogP contribution >= 0.6 is 0 Å². The van der Waals surface area contributed by atoms with Gasteiger partial charge in [0.15, 0.2) is 0 Å². The van der Waals surface area contributed by atoms with E-state index in [1.807, 2.05) is 9.80 Å². The summed E-state index contributed by atoms with van der Waals surface area (Å²) in [6.45, 7) is 4.03. The van der Waals surface area contributed by atoms with Gasteiger partial charge in [-0.1, -0.05) is 0 Å². The third-order valence-electron chi connectivity index (χ3n) is 4.81. The summed E-state index contributed by atoms with van der Waals surface area (Å²) in [6.07, 6.45) is 1.40. The molecule has 3 N–H and O–H groups in total. The zero-order chi connectivity index (χ0) is 14.2. The Bertz CT molecular complexity index is 408. The molecule has 3 rings (SSSR count). The van der Waals surface area contributed by atoms with E-state index >= 15 is 0 Å². The van der Waals surface area contributed by atoms with Gasteiger partial charge in [-0.3, -0.25) is 4.79 Å². The van der Waals surface area contributed by atoms with Crippen molar-refractivity contribution in [2.75, 3.05) is 45.9 Å². The Labute approximate surface area is 118 Å². The molecular formula is C13H22N4O3. The van der Waals surface area contributed by atoms with E-state index in [2.05, 4.69) is 5.32 Å². The van der Waals surface area contributed by atoms with Gasteiger partial charge in [-0.05, 0) is 12.8 Å². The minimum atomic E-state index is -0.462. The lowest BCUT2D eigenvalue weighted by Gasteiger charge is -2.43. The van der Waals surface area contributed by atoms with Crippen molar-refractivity contribution < 1.29 is 14.3 Å². The van der Waals surface area contributed by atoms with E-state index < -0.39 is 5.41 Å². The first-order chi connectivity index (χ1) is 9.66. The van der Waals surface area contributed by atoms with Gasteiger partial charge in [0, 0.05) is 45.9 Å². The Morgan fingerprint density at radius 2 is 2.15 bits per heavy atom. The largest absolute Gasteiger partial charge is 0.381 e. The Balaban J connectivity index is 1.69. The zero-order valence-electron chi connectivity index (χ0n) is 11.6. The summed E-state index contributed by atoms with van der Waals surface area (Å²) in [4.78, 5) is 28.1. The number of hydrogen-bond donors (Lipinski definition) is 2. The average Bonchev–Trinajstić information content (AvgIpc) is 2.88. The van der Waals surface area contributed by atoms with Crippen molar-refractivity contribution >= 4 is 11.9 Å². The summed E-state index contributed by atoms with van der Waals surface area (Å²) in [5.74, 6) is 0.141. The molecule has 0 bridgehead atoms. The van der Waals surface area contributed by atoms with Gasteiger partial charge in [0.25, 0.3) is 0 Å². The van der Waals surface area contributed by atoms with Crippen molar-refractivity contribution in [3.63, 3.8) is 0 Å². The highest BCUT2D eigenvalue weighted by molar-refractivity contribution is 5.84. The molecule has 0 aromatic rings. The summed E-state index contributed by atoms with van der Waals surface area (Å²) in [5.41, 5.74) is 5.43. The number of piperazine rings is 1. The maximum absolute atomic E-state index is 12.8. The first kappa shape index (κ1) is 13.6. The molecule has 3 amide bonds. The van der Waals surface area contributed by atoms with Gasteiger partial charge in [-0.15, -0.1) is 0 Å². The number of ether oxygens (including phenoxy) is 1. The molecule has 0 radical (unpaired) electrons. The van der Waals surface area contributed by atoms with Crippen LogP contribution < -0.4 is 11.1 Å². The molecule has 0 spiro atoms. The lowest BCUT2D eigenvalue weighted by molar-refractivity contribution is -0.149. The molecule has 112 valence electrons. The quantitative estimate of drug-likeness (QED) is 0.678. The maximum atomic E-state index is 12.8. The maximum Gasteiger partial charge on any atom is 0.317 e. The van der Waals surface area contributed by atoms with E-state index in [1.165, 1.54) is 0 Å². The van der Waals surface area contributed by atoms with Gasteiger partial charge in [0.05, 0.1) is 11.5 Å². The zero-order valence-corrected chi connectivity index (χ0v) is 11.6. The molecule has 0 saturated carbocycles. The standard InChI is InChI=1S/C13H22N4O3/c14-9-13(1-5-20-6-2-13)11(18)16-3-4-17-10(8-16)7-15-12(17)19/h10H,1-9,14H2,(H,15,19). The smallest absolute Gasteiger partial charge is 0.317 e. The monoisotopic (exact) mass is 282 g/mol. The van der Waals surface area contributed by atoms with Gasteiger partial charge in [0.2, 0.25) is 5.91 Å². The molecule has 7 nitrogen and oxygen atoms in total. The van der Waals surface area contributed by atoms with Crippen molar-refractivity contribution in [1.82, 2.24) is 15.1 Å². The molecule has 1 atom stereocenters. The van der Waals surface area contributed by atoms with Gasteiger partial charge in [0.1, 0.15) is 0 Å². The van der Waals surface area contributed by atoms with Crippen LogP contribution in [0, 0.1) is 5.41 Å². The van der Waals surface area contributed by atoms with Gasteiger partial charge in [-0.2, -0.15) is 0 Å². The van der Waals surface area contributed by atoms with Crippen molar-refractivity contribution in [2.24, 2.45) is 11.1 Å². The molecule has 0 aromatic carbocycles. The number of urea groups is 1. The van der Waals surface area contributed by atoms with E-state index in [0.29, 0.717) is 58.8 Å². The second-order valence-corrected chi connectivity index (χ2v) is 5.88. The van der Waals surface area contributed by atoms with Crippen LogP contribution in [0.3, 0.4) is 0 Å². The predicted molar refractivity (Wildman–Crippen MR) is 72.0 cm³/mol. The number of carbonyl (C=O) groups excluding carboxylic acids is 2. The number of nitrogens with zero attached hydrogens (tertiary/aromatic N) is 2. The second-order valence-electron chi connectivity index (χ2n) is 5.88. The molecule has 3 heterocycles. The van der Waals surface area contributed by atoms with E-state index in [4.69, 9.17) is 10.5 Å². The van der Waals surface area contributed by atoms with Gasteiger partial charge >= 0.3 is 6.03 Å². The topological polar surface area (TPSA) is 87.9 Å². The second kappa shape index (κ2) is 5.21. The van der Waals surface area contributed by atoms with E-state index in [-0.39, 0.29) is 18.0 Å². The Morgan fingerprint density at radius 1 is 1.40 bits per heavy atom. The van der Waals surface area contributed by atoms with Crippen molar-refractivity contribution in [3.8, 4) is 0 Å². The summed E-state index contributed by atoms with van der Waals surface area (Å²) in [5, 5.41) is 2.83. The molecule has 20 heavy (non-hydrogen) atoms. The molecule has 3 fully saturated rings. The van der Waals surface area contributed by atoms with Gasteiger partial charge < -0.3 is 25.6 Å². The molecule has 0 aliphatic carbocycles. The Kier molecular flexibility index (Phi) is 3.55. The van der Waals surface area contributed by atoms with Gasteiger partial charge in [-0.25, -0.2) is 4.79 Å². The Morgan fingerprint density at radius 3 is 2.85 bits per heavy atom. The number of carbonyl (C=O) groups is 2.